The molecule has 2 amide bonds. The van der Waals surface area contributed by atoms with Crippen LogP contribution in [0.25, 0.3) is 0 Å². The van der Waals surface area contributed by atoms with E-state index in [0.717, 1.165) is 43.1 Å². The molecule has 0 aromatic heterocycles. The minimum atomic E-state index is -3.60. The van der Waals surface area contributed by atoms with Crippen LogP contribution in [-0.2, 0) is 32.6 Å². The Hall–Kier alpha value is -3.36. The first-order chi connectivity index (χ1) is 20.2. The van der Waals surface area contributed by atoms with Crippen molar-refractivity contribution in [1.29, 1.82) is 0 Å². The molecule has 0 heterocycles. The Morgan fingerprint density at radius 2 is 1.55 bits per heavy atom. The number of nitrogens with one attached hydrogen (secondary N) is 1. The summed E-state index contributed by atoms with van der Waals surface area (Å²) in [4.78, 5) is 29.5. The van der Waals surface area contributed by atoms with E-state index in [0.29, 0.717) is 17.1 Å². The maximum Gasteiger partial charge on any atom is 0.243 e. The second-order valence-corrected chi connectivity index (χ2v) is 13.3. The predicted molar refractivity (Wildman–Crippen MR) is 169 cm³/mol. The Morgan fingerprint density at radius 1 is 0.905 bits per heavy atom. The molecule has 1 fully saturated rings. The molecule has 224 valence electrons. The van der Waals surface area contributed by atoms with Gasteiger partial charge in [0.15, 0.2) is 0 Å². The molecule has 1 aliphatic carbocycles. The van der Waals surface area contributed by atoms with Crippen LogP contribution in [0.2, 0.25) is 5.02 Å². The Balaban J connectivity index is 1.57. The van der Waals surface area contributed by atoms with Crippen LogP contribution in [-0.4, -0.2) is 50.0 Å². The molecule has 0 spiro atoms. The lowest BCUT2D eigenvalue weighted by Crippen LogP contribution is -2.52. The minimum Gasteiger partial charge on any atom is -0.352 e. The molecule has 1 N–H and O–H groups in total. The normalized spacial score (nSPS) is 14.6. The van der Waals surface area contributed by atoms with Crippen molar-refractivity contribution in [2.45, 2.75) is 70.0 Å². The van der Waals surface area contributed by atoms with Crippen LogP contribution in [0.15, 0.2) is 84.9 Å². The molecule has 0 radical (unpaired) electrons. The number of nitrogens with zero attached hydrogens (tertiary/aromatic N) is 2. The van der Waals surface area contributed by atoms with Crippen molar-refractivity contribution in [2.24, 2.45) is 0 Å². The van der Waals surface area contributed by atoms with E-state index in [-0.39, 0.29) is 43.8 Å². The SMILES string of the molecule is CS(=O)(=O)N(CCCC(=O)N(Cc1ccccc1)[C@H](Cc1ccccc1)C(=O)NC1CCCCC1)c1cccc(Cl)c1. The van der Waals surface area contributed by atoms with E-state index in [1.54, 1.807) is 29.2 Å². The lowest BCUT2D eigenvalue weighted by molar-refractivity contribution is -0.141. The zero-order chi connectivity index (χ0) is 30.0. The fourth-order valence-corrected chi connectivity index (χ4v) is 6.66. The number of carbonyl (C=O) groups excluding carboxylic acids is 2. The maximum absolute atomic E-state index is 14.0. The second kappa shape index (κ2) is 15.2. The third-order valence-electron chi connectivity index (χ3n) is 7.67. The summed E-state index contributed by atoms with van der Waals surface area (Å²) in [5.41, 5.74) is 2.34. The summed E-state index contributed by atoms with van der Waals surface area (Å²) in [6.45, 7) is 0.390. The number of amides is 2. The summed E-state index contributed by atoms with van der Waals surface area (Å²) >= 11 is 6.12. The molecule has 0 unspecified atom stereocenters. The largest absolute Gasteiger partial charge is 0.352 e. The number of carbonyl (C=O) groups is 2. The minimum absolute atomic E-state index is 0.0847. The quantitative estimate of drug-likeness (QED) is 0.258. The summed E-state index contributed by atoms with van der Waals surface area (Å²) in [7, 11) is -3.60. The van der Waals surface area contributed by atoms with Gasteiger partial charge >= 0.3 is 0 Å². The molecule has 1 saturated carbocycles. The molecular formula is C33H40ClN3O4S. The van der Waals surface area contributed by atoms with Crippen LogP contribution in [0, 0.1) is 0 Å². The topological polar surface area (TPSA) is 86.8 Å². The fourth-order valence-electron chi connectivity index (χ4n) is 5.51. The van der Waals surface area contributed by atoms with Gasteiger partial charge in [-0.15, -0.1) is 0 Å². The van der Waals surface area contributed by atoms with Crippen molar-refractivity contribution < 1.29 is 18.0 Å². The van der Waals surface area contributed by atoms with Gasteiger partial charge < -0.3 is 10.2 Å². The number of rotatable bonds is 13. The van der Waals surface area contributed by atoms with E-state index in [1.165, 1.54) is 10.7 Å². The van der Waals surface area contributed by atoms with Crippen molar-refractivity contribution in [3.63, 3.8) is 0 Å². The first-order valence-electron chi connectivity index (χ1n) is 14.6. The molecule has 4 rings (SSSR count). The van der Waals surface area contributed by atoms with Crippen LogP contribution in [0.4, 0.5) is 5.69 Å². The van der Waals surface area contributed by atoms with Crippen LogP contribution >= 0.6 is 11.6 Å². The molecule has 3 aromatic rings. The smallest absolute Gasteiger partial charge is 0.243 e. The summed E-state index contributed by atoms with van der Waals surface area (Å²) in [5.74, 6) is -0.343. The number of sulfonamides is 1. The van der Waals surface area contributed by atoms with Gasteiger partial charge in [0.25, 0.3) is 0 Å². The number of hydrogen-bond donors (Lipinski definition) is 1. The monoisotopic (exact) mass is 609 g/mol. The van der Waals surface area contributed by atoms with Gasteiger partial charge in [0.2, 0.25) is 21.8 Å². The van der Waals surface area contributed by atoms with E-state index in [9.17, 15) is 18.0 Å². The Kier molecular flexibility index (Phi) is 11.4. The van der Waals surface area contributed by atoms with Gasteiger partial charge in [0, 0.05) is 37.0 Å². The molecule has 9 heteroatoms. The van der Waals surface area contributed by atoms with Crippen LogP contribution in [0.1, 0.15) is 56.1 Å². The first kappa shape index (κ1) is 31.6. The number of benzene rings is 3. The van der Waals surface area contributed by atoms with Crippen molar-refractivity contribution in [1.82, 2.24) is 10.2 Å². The van der Waals surface area contributed by atoms with Crippen molar-refractivity contribution in [3.8, 4) is 0 Å². The molecule has 0 saturated heterocycles. The third kappa shape index (κ3) is 9.33. The molecule has 42 heavy (non-hydrogen) atoms. The number of hydrogen-bond acceptors (Lipinski definition) is 4. The summed E-state index contributed by atoms with van der Waals surface area (Å²) in [5, 5.41) is 3.68. The molecule has 1 aliphatic rings. The Labute approximate surface area is 254 Å². The predicted octanol–water partition coefficient (Wildman–Crippen LogP) is 5.98. The Morgan fingerprint density at radius 3 is 2.17 bits per heavy atom. The Bertz CT molecular complexity index is 1410. The van der Waals surface area contributed by atoms with Gasteiger partial charge in [0.05, 0.1) is 11.9 Å². The van der Waals surface area contributed by atoms with Crippen LogP contribution < -0.4 is 9.62 Å². The van der Waals surface area contributed by atoms with Crippen molar-refractivity contribution in [3.05, 3.63) is 101 Å². The molecule has 0 bridgehead atoms. The van der Waals surface area contributed by atoms with Crippen molar-refractivity contribution >= 4 is 39.1 Å². The highest BCUT2D eigenvalue weighted by Crippen LogP contribution is 2.24. The highest BCUT2D eigenvalue weighted by atomic mass is 35.5. The van der Waals surface area contributed by atoms with E-state index in [1.807, 2.05) is 60.7 Å². The standard InChI is InChI=1S/C33H40ClN3O4S/c1-42(40,41)37(30-20-11-17-28(34)24-30)22-12-21-32(38)36(25-27-15-7-3-8-16-27)31(23-26-13-5-2-6-14-26)33(39)35-29-18-9-4-10-19-29/h2-3,5-8,11,13-17,20,24,29,31H,4,9-10,12,18-19,21-23,25H2,1H3,(H,35,39)/t31-/m1/s1. The lowest BCUT2D eigenvalue weighted by Gasteiger charge is -2.34. The van der Waals surface area contributed by atoms with Crippen molar-refractivity contribution in [2.75, 3.05) is 17.1 Å². The fraction of sp³-hybridized carbons (Fsp3) is 0.394. The van der Waals surface area contributed by atoms with Gasteiger partial charge in [-0.2, -0.15) is 0 Å². The van der Waals surface area contributed by atoms with Gasteiger partial charge in [-0.3, -0.25) is 13.9 Å². The van der Waals surface area contributed by atoms with Gasteiger partial charge in [-0.05, 0) is 48.6 Å². The molecule has 3 aromatic carbocycles. The molecule has 0 aliphatic heterocycles. The summed E-state index contributed by atoms with van der Waals surface area (Å²) < 4.78 is 26.5. The maximum atomic E-state index is 14.0. The van der Waals surface area contributed by atoms with Gasteiger partial charge in [0.1, 0.15) is 6.04 Å². The average Bonchev–Trinajstić information content (AvgIpc) is 2.98. The first-order valence-corrected chi connectivity index (χ1v) is 16.8. The molecular weight excluding hydrogens is 570 g/mol. The van der Waals surface area contributed by atoms with Gasteiger partial charge in [-0.1, -0.05) is 97.6 Å². The zero-order valence-electron chi connectivity index (χ0n) is 24.1. The lowest BCUT2D eigenvalue weighted by atomic mass is 9.94. The number of anilines is 1. The van der Waals surface area contributed by atoms with Crippen LogP contribution in [0.5, 0.6) is 0 Å². The molecule has 7 nitrogen and oxygen atoms in total. The second-order valence-electron chi connectivity index (χ2n) is 11.0. The van der Waals surface area contributed by atoms with E-state index < -0.39 is 16.1 Å². The summed E-state index contributed by atoms with van der Waals surface area (Å²) in [6.07, 6.45) is 7.14. The molecule has 1 atom stereocenters. The van der Waals surface area contributed by atoms with E-state index in [4.69, 9.17) is 11.6 Å². The van der Waals surface area contributed by atoms with Crippen LogP contribution in [0.3, 0.4) is 0 Å². The van der Waals surface area contributed by atoms with Gasteiger partial charge in [-0.25, -0.2) is 8.42 Å². The zero-order valence-corrected chi connectivity index (χ0v) is 25.7. The highest BCUT2D eigenvalue weighted by molar-refractivity contribution is 7.92. The highest BCUT2D eigenvalue weighted by Gasteiger charge is 2.32. The van der Waals surface area contributed by atoms with E-state index in [2.05, 4.69) is 5.32 Å². The average molecular weight is 610 g/mol. The summed E-state index contributed by atoms with van der Waals surface area (Å²) in [6, 6.07) is 25.5. The third-order valence-corrected chi connectivity index (χ3v) is 9.10. The number of halogens is 1. The van der Waals surface area contributed by atoms with E-state index >= 15 is 0 Å².